The lowest BCUT2D eigenvalue weighted by Crippen LogP contribution is -2.45. The number of alkyl halides is 1. The van der Waals surface area contributed by atoms with Gasteiger partial charge in [0, 0.05) is 31.7 Å². The van der Waals surface area contributed by atoms with Crippen molar-refractivity contribution < 1.29 is 13.9 Å². The summed E-state index contributed by atoms with van der Waals surface area (Å²) in [6.45, 7) is 3.95. The van der Waals surface area contributed by atoms with Crippen molar-refractivity contribution >= 4 is 12.4 Å². The number of benzene rings is 1. The van der Waals surface area contributed by atoms with Crippen molar-refractivity contribution in [2.75, 3.05) is 32.9 Å². The number of nitrogens with one attached hydrogen (secondary N) is 1. The van der Waals surface area contributed by atoms with Gasteiger partial charge in [0.15, 0.2) is 0 Å². The quantitative estimate of drug-likeness (QED) is 0.896. The Morgan fingerprint density at radius 1 is 1.37 bits per heavy atom. The Balaban J connectivity index is 0.00000180. The molecule has 108 valence electrons. The minimum atomic E-state index is -0.629. The highest BCUT2D eigenvalue weighted by Gasteiger charge is 2.25. The Labute approximate surface area is 118 Å². The van der Waals surface area contributed by atoms with Gasteiger partial charge < -0.3 is 10.4 Å². The molecule has 1 aliphatic heterocycles. The first-order chi connectivity index (χ1) is 8.63. The molecule has 0 amide bonds. The number of piperazine rings is 1. The zero-order valence-electron chi connectivity index (χ0n) is 10.8. The molecule has 0 spiro atoms. The molecule has 3 nitrogen and oxygen atoms in total. The topological polar surface area (TPSA) is 35.5 Å². The molecule has 1 atom stereocenters. The van der Waals surface area contributed by atoms with Crippen LogP contribution in [0.25, 0.3) is 0 Å². The van der Waals surface area contributed by atoms with E-state index in [-0.39, 0.29) is 18.2 Å². The van der Waals surface area contributed by atoms with Crippen LogP contribution in [0.1, 0.15) is 17.2 Å². The van der Waals surface area contributed by atoms with E-state index in [0.29, 0.717) is 24.2 Å². The largest absolute Gasteiger partial charge is 0.507 e. The molecule has 1 aliphatic rings. The Morgan fingerprint density at radius 2 is 2.00 bits per heavy atom. The van der Waals surface area contributed by atoms with Gasteiger partial charge in [0.2, 0.25) is 0 Å². The van der Waals surface area contributed by atoms with Gasteiger partial charge in [-0.3, -0.25) is 4.90 Å². The van der Waals surface area contributed by atoms with Gasteiger partial charge in [-0.15, -0.1) is 12.4 Å². The number of aromatic hydroxyl groups is 1. The van der Waals surface area contributed by atoms with Gasteiger partial charge in [0.25, 0.3) is 0 Å². The number of halogens is 3. The average molecular weight is 293 g/mol. The molecule has 0 unspecified atom stereocenters. The van der Waals surface area contributed by atoms with E-state index < -0.39 is 18.5 Å². The van der Waals surface area contributed by atoms with Crippen molar-refractivity contribution in [1.29, 1.82) is 0 Å². The normalized spacial score (nSPS) is 17.8. The fourth-order valence-electron chi connectivity index (χ4n) is 2.39. The predicted octanol–water partition coefficient (Wildman–Crippen LogP) is 2.18. The highest BCUT2D eigenvalue weighted by molar-refractivity contribution is 5.85. The van der Waals surface area contributed by atoms with E-state index in [0.717, 1.165) is 13.1 Å². The summed E-state index contributed by atoms with van der Waals surface area (Å²) in [5.74, 6) is -0.438. The summed E-state index contributed by atoms with van der Waals surface area (Å²) in [6, 6.07) is 1.92. The van der Waals surface area contributed by atoms with E-state index >= 15 is 0 Å². The molecule has 0 aliphatic carbocycles. The first kappa shape index (κ1) is 16.1. The van der Waals surface area contributed by atoms with Crippen LogP contribution in [0.3, 0.4) is 0 Å². The molecular weight excluding hydrogens is 274 g/mol. The van der Waals surface area contributed by atoms with Crippen molar-refractivity contribution in [2.24, 2.45) is 0 Å². The molecule has 1 fully saturated rings. The lowest BCUT2D eigenvalue weighted by Gasteiger charge is -2.34. The summed E-state index contributed by atoms with van der Waals surface area (Å²) in [5.41, 5.74) is 0.787. The third-order valence-electron chi connectivity index (χ3n) is 3.39. The number of nitrogens with zero attached hydrogens (tertiary/aromatic N) is 1. The van der Waals surface area contributed by atoms with E-state index in [1.54, 1.807) is 6.92 Å². The van der Waals surface area contributed by atoms with Crippen LogP contribution in [0.4, 0.5) is 8.78 Å². The highest BCUT2D eigenvalue weighted by Crippen LogP contribution is 2.32. The first-order valence-corrected chi connectivity index (χ1v) is 6.13. The second-order valence-corrected chi connectivity index (χ2v) is 4.62. The fraction of sp³-hybridized carbons (Fsp3) is 0.538. The molecule has 0 radical (unpaired) electrons. The van der Waals surface area contributed by atoms with Crippen molar-refractivity contribution in [3.63, 3.8) is 0 Å². The highest BCUT2D eigenvalue weighted by atomic mass is 35.5. The Bertz CT molecular complexity index is 425. The van der Waals surface area contributed by atoms with E-state index in [2.05, 4.69) is 5.32 Å². The summed E-state index contributed by atoms with van der Waals surface area (Å²) < 4.78 is 26.7. The molecule has 1 aromatic rings. The second-order valence-electron chi connectivity index (χ2n) is 4.62. The molecule has 19 heavy (non-hydrogen) atoms. The number of rotatable bonds is 3. The second kappa shape index (κ2) is 7.03. The summed E-state index contributed by atoms with van der Waals surface area (Å²) in [5, 5.41) is 13.2. The standard InChI is InChI=1S/C13H18F2N2O.ClH/c1-9-6-10(15)7-11(13(9)18)12(8-14)17-4-2-16-3-5-17;/h6-7,12,16,18H,2-5,8H2,1H3;1H/t12-;/m1./s1. The van der Waals surface area contributed by atoms with Crippen LogP contribution in [0, 0.1) is 12.7 Å². The van der Waals surface area contributed by atoms with Crippen LogP contribution < -0.4 is 5.32 Å². The number of hydrogen-bond donors (Lipinski definition) is 2. The van der Waals surface area contributed by atoms with E-state index in [4.69, 9.17) is 0 Å². The zero-order chi connectivity index (χ0) is 13.1. The average Bonchev–Trinajstić information content (AvgIpc) is 2.37. The molecule has 0 bridgehead atoms. The smallest absolute Gasteiger partial charge is 0.124 e. The number of phenolic OH excluding ortho intramolecular Hbond substituents is 1. The minimum Gasteiger partial charge on any atom is -0.507 e. The molecule has 1 saturated heterocycles. The first-order valence-electron chi connectivity index (χ1n) is 6.13. The Hall–Kier alpha value is -0.910. The third kappa shape index (κ3) is 3.55. The van der Waals surface area contributed by atoms with Gasteiger partial charge in [-0.05, 0) is 24.6 Å². The van der Waals surface area contributed by atoms with Crippen LogP contribution in [0.15, 0.2) is 12.1 Å². The summed E-state index contributed by atoms with van der Waals surface area (Å²) in [4.78, 5) is 1.93. The van der Waals surface area contributed by atoms with Gasteiger partial charge in [-0.25, -0.2) is 8.78 Å². The summed E-state index contributed by atoms with van der Waals surface area (Å²) >= 11 is 0. The van der Waals surface area contributed by atoms with Gasteiger partial charge in [-0.1, -0.05) is 0 Å². The SMILES string of the molecule is Cc1cc(F)cc([C@@H](CF)N2CCNCC2)c1O.Cl. The molecule has 2 rings (SSSR count). The Kier molecular flexibility index (Phi) is 5.97. The summed E-state index contributed by atoms with van der Waals surface area (Å²) in [6.07, 6.45) is 0. The minimum absolute atomic E-state index is 0. The van der Waals surface area contributed by atoms with Crippen molar-refractivity contribution in [1.82, 2.24) is 10.2 Å². The monoisotopic (exact) mass is 292 g/mol. The van der Waals surface area contributed by atoms with E-state index in [1.807, 2.05) is 4.90 Å². The van der Waals surface area contributed by atoms with Crippen LogP contribution in [-0.2, 0) is 0 Å². The maximum Gasteiger partial charge on any atom is 0.124 e. The van der Waals surface area contributed by atoms with Crippen molar-refractivity contribution in [3.05, 3.63) is 29.1 Å². The molecule has 0 aromatic heterocycles. The van der Waals surface area contributed by atoms with Crippen LogP contribution in [-0.4, -0.2) is 42.9 Å². The van der Waals surface area contributed by atoms with Gasteiger partial charge >= 0.3 is 0 Å². The molecule has 1 heterocycles. The molecular formula is C13H19ClF2N2O. The van der Waals surface area contributed by atoms with Crippen molar-refractivity contribution in [2.45, 2.75) is 13.0 Å². The number of hydrogen-bond acceptors (Lipinski definition) is 3. The zero-order valence-corrected chi connectivity index (χ0v) is 11.6. The molecule has 6 heteroatoms. The van der Waals surface area contributed by atoms with Gasteiger partial charge in [0.05, 0.1) is 6.04 Å². The van der Waals surface area contributed by atoms with E-state index in [9.17, 15) is 13.9 Å². The van der Waals surface area contributed by atoms with Crippen LogP contribution >= 0.6 is 12.4 Å². The maximum atomic E-state index is 13.4. The lowest BCUT2D eigenvalue weighted by molar-refractivity contribution is 0.145. The molecule has 0 saturated carbocycles. The fourth-order valence-corrected chi connectivity index (χ4v) is 2.39. The van der Waals surface area contributed by atoms with Crippen LogP contribution in [0.5, 0.6) is 5.75 Å². The third-order valence-corrected chi connectivity index (χ3v) is 3.39. The number of phenols is 1. The van der Waals surface area contributed by atoms with Gasteiger partial charge in [0.1, 0.15) is 18.2 Å². The Morgan fingerprint density at radius 3 is 2.58 bits per heavy atom. The predicted molar refractivity (Wildman–Crippen MR) is 73.2 cm³/mol. The van der Waals surface area contributed by atoms with Crippen molar-refractivity contribution in [3.8, 4) is 5.75 Å². The maximum absolute atomic E-state index is 13.4. The lowest BCUT2D eigenvalue weighted by atomic mass is 10.0. The summed E-state index contributed by atoms with van der Waals surface area (Å²) in [7, 11) is 0. The molecule has 2 N–H and O–H groups in total. The van der Waals surface area contributed by atoms with Crippen LogP contribution in [0.2, 0.25) is 0 Å². The molecule has 1 aromatic carbocycles. The van der Waals surface area contributed by atoms with Gasteiger partial charge in [-0.2, -0.15) is 0 Å². The van der Waals surface area contributed by atoms with E-state index in [1.165, 1.54) is 12.1 Å². The number of aryl methyl sites for hydroxylation is 1.